The van der Waals surface area contributed by atoms with E-state index in [1.807, 2.05) is 42.5 Å². The van der Waals surface area contributed by atoms with Crippen molar-refractivity contribution in [2.75, 3.05) is 31.2 Å². The van der Waals surface area contributed by atoms with Gasteiger partial charge in [0.2, 0.25) is 17.7 Å². The molecule has 0 radical (unpaired) electrons. The first kappa shape index (κ1) is 32.6. The van der Waals surface area contributed by atoms with Gasteiger partial charge < -0.3 is 29.9 Å². The molecule has 0 bridgehead atoms. The minimum atomic E-state index is -0.875. The third-order valence-electron chi connectivity index (χ3n) is 9.66. The first-order valence-electron chi connectivity index (χ1n) is 16.5. The Kier molecular flexibility index (Phi) is 10.1. The monoisotopic (exact) mass is 659 g/mol. The Balaban J connectivity index is 1.16. The molecule has 3 fully saturated rings. The summed E-state index contributed by atoms with van der Waals surface area (Å²) >= 11 is 6.09. The van der Waals surface area contributed by atoms with Gasteiger partial charge in [0.15, 0.2) is 0 Å². The normalized spacial score (nSPS) is 18.7. The summed E-state index contributed by atoms with van der Waals surface area (Å²) in [5.74, 6) is -0.709. The molecule has 1 aromatic heterocycles. The SMILES string of the molecule is O=C(CN1CN(c2ccccc2)C2(CCN(C(=O)[C@@H](Cc3ccc(Cl)cc3)NC(=O)Cn3ccnc3)CC2)C1=O)NC1CCCCC1. The van der Waals surface area contributed by atoms with Crippen molar-refractivity contribution in [3.8, 4) is 0 Å². The number of benzene rings is 2. The smallest absolute Gasteiger partial charge is 0.250 e. The number of amides is 4. The van der Waals surface area contributed by atoms with Crippen LogP contribution in [0.4, 0.5) is 5.69 Å². The van der Waals surface area contributed by atoms with Crippen molar-refractivity contribution < 1.29 is 19.2 Å². The van der Waals surface area contributed by atoms with Gasteiger partial charge in [0, 0.05) is 48.7 Å². The highest BCUT2D eigenvalue weighted by Crippen LogP contribution is 2.39. The maximum absolute atomic E-state index is 14.2. The van der Waals surface area contributed by atoms with Crippen LogP contribution in [0.15, 0.2) is 73.3 Å². The second-order valence-corrected chi connectivity index (χ2v) is 13.3. The van der Waals surface area contributed by atoms with Gasteiger partial charge in [-0.15, -0.1) is 0 Å². The fourth-order valence-electron chi connectivity index (χ4n) is 7.18. The van der Waals surface area contributed by atoms with Crippen LogP contribution in [-0.4, -0.2) is 86.9 Å². The first-order valence-corrected chi connectivity index (χ1v) is 16.9. The predicted octanol–water partition coefficient (Wildman–Crippen LogP) is 3.38. The molecule has 12 heteroatoms. The number of likely N-dealkylation sites (tertiary alicyclic amines) is 1. The molecular weight excluding hydrogens is 618 g/mol. The molecule has 1 saturated carbocycles. The molecule has 3 heterocycles. The zero-order valence-electron chi connectivity index (χ0n) is 26.5. The van der Waals surface area contributed by atoms with E-state index < -0.39 is 11.6 Å². The summed E-state index contributed by atoms with van der Waals surface area (Å²) in [5.41, 5.74) is 0.898. The largest absolute Gasteiger partial charge is 0.352 e. The van der Waals surface area contributed by atoms with Crippen LogP contribution in [0.1, 0.15) is 50.5 Å². The summed E-state index contributed by atoms with van der Waals surface area (Å²) in [4.78, 5) is 63.8. The molecule has 11 nitrogen and oxygen atoms in total. The molecule has 2 saturated heterocycles. The van der Waals surface area contributed by atoms with E-state index in [2.05, 4.69) is 20.5 Å². The molecule has 2 aliphatic heterocycles. The zero-order valence-corrected chi connectivity index (χ0v) is 27.3. The Bertz CT molecular complexity index is 1540. The van der Waals surface area contributed by atoms with Gasteiger partial charge in [-0.3, -0.25) is 19.2 Å². The van der Waals surface area contributed by atoms with E-state index >= 15 is 0 Å². The van der Waals surface area contributed by atoms with E-state index in [-0.39, 0.29) is 42.8 Å². The van der Waals surface area contributed by atoms with Crippen LogP contribution in [0.25, 0.3) is 0 Å². The minimum Gasteiger partial charge on any atom is -0.352 e. The highest BCUT2D eigenvalue weighted by atomic mass is 35.5. The van der Waals surface area contributed by atoms with Crippen molar-refractivity contribution in [3.05, 3.63) is 83.9 Å². The number of anilines is 1. The average molecular weight is 660 g/mol. The summed E-state index contributed by atoms with van der Waals surface area (Å²) < 4.78 is 1.65. The Morgan fingerprint density at radius 1 is 0.936 bits per heavy atom. The predicted molar refractivity (Wildman–Crippen MR) is 178 cm³/mol. The fourth-order valence-corrected chi connectivity index (χ4v) is 7.30. The lowest BCUT2D eigenvalue weighted by Crippen LogP contribution is -2.60. The van der Waals surface area contributed by atoms with Gasteiger partial charge in [-0.05, 0) is 55.5 Å². The standard InChI is InChI=1S/C35H42ClN7O4/c36-27-13-11-26(12-14-27)21-30(39-31(44)22-40-20-17-37-24-40)33(46)41-18-15-35(16-19-41)34(47)42(25-43(35)29-9-5-2-6-10-29)23-32(45)38-28-7-3-1-4-8-28/h2,5-6,9-14,17,20,24,28,30H,1,3-4,7-8,15-16,18-19,21-23,25H2,(H,38,45)(H,39,44)/t30-/m1/s1. The molecule has 47 heavy (non-hydrogen) atoms. The number of nitrogens with zero attached hydrogens (tertiary/aromatic N) is 5. The van der Waals surface area contributed by atoms with Crippen LogP contribution in [-0.2, 0) is 32.1 Å². The lowest BCUT2D eigenvalue weighted by molar-refractivity contribution is -0.141. The molecule has 1 atom stereocenters. The van der Waals surface area contributed by atoms with E-state index in [0.29, 0.717) is 44.0 Å². The Morgan fingerprint density at radius 3 is 2.34 bits per heavy atom. The van der Waals surface area contributed by atoms with Crippen molar-refractivity contribution in [1.29, 1.82) is 0 Å². The van der Waals surface area contributed by atoms with Crippen LogP contribution in [0.5, 0.6) is 0 Å². The van der Waals surface area contributed by atoms with Gasteiger partial charge in [-0.1, -0.05) is 61.2 Å². The summed E-state index contributed by atoms with van der Waals surface area (Å²) in [6.07, 6.45) is 11.3. The third-order valence-corrected chi connectivity index (χ3v) is 9.91. The molecule has 1 spiro atoms. The number of para-hydroxylation sites is 1. The van der Waals surface area contributed by atoms with Gasteiger partial charge in [-0.2, -0.15) is 0 Å². The van der Waals surface area contributed by atoms with Gasteiger partial charge in [0.05, 0.1) is 13.0 Å². The van der Waals surface area contributed by atoms with Gasteiger partial charge in [0.1, 0.15) is 24.7 Å². The summed E-state index contributed by atoms with van der Waals surface area (Å²) in [7, 11) is 0. The third kappa shape index (κ3) is 7.62. The number of rotatable bonds is 10. The highest BCUT2D eigenvalue weighted by molar-refractivity contribution is 6.30. The van der Waals surface area contributed by atoms with Crippen LogP contribution >= 0.6 is 11.6 Å². The molecular formula is C35H42ClN7O4. The molecule has 4 amide bonds. The van der Waals surface area contributed by atoms with E-state index in [0.717, 1.165) is 36.9 Å². The number of halogens is 1. The molecule has 1 aliphatic carbocycles. The number of imidazole rings is 1. The van der Waals surface area contributed by atoms with Gasteiger partial charge >= 0.3 is 0 Å². The van der Waals surface area contributed by atoms with Crippen LogP contribution in [0.2, 0.25) is 5.02 Å². The van der Waals surface area contributed by atoms with E-state index in [1.165, 1.54) is 6.42 Å². The number of hydrogen-bond donors (Lipinski definition) is 2. The maximum atomic E-state index is 14.2. The maximum Gasteiger partial charge on any atom is 0.250 e. The second-order valence-electron chi connectivity index (χ2n) is 12.9. The summed E-state index contributed by atoms with van der Waals surface area (Å²) in [5, 5.41) is 6.68. The van der Waals surface area contributed by atoms with Crippen molar-refractivity contribution in [2.45, 2.75) is 75.5 Å². The lowest BCUT2D eigenvalue weighted by atomic mass is 9.85. The van der Waals surface area contributed by atoms with Crippen LogP contribution in [0.3, 0.4) is 0 Å². The topological polar surface area (TPSA) is 120 Å². The van der Waals surface area contributed by atoms with E-state index in [1.54, 1.807) is 45.2 Å². The molecule has 3 aromatic rings. The first-order chi connectivity index (χ1) is 22.8. The Labute approximate surface area is 280 Å². The average Bonchev–Trinajstić information content (AvgIpc) is 3.69. The number of nitrogens with one attached hydrogen (secondary N) is 2. The number of hydrogen-bond acceptors (Lipinski definition) is 6. The van der Waals surface area contributed by atoms with Crippen molar-refractivity contribution >= 4 is 40.9 Å². The second kappa shape index (κ2) is 14.6. The van der Waals surface area contributed by atoms with E-state index in [4.69, 9.17) is 11.6 Å². The fraction of sp³-hybridized carbons (Fsp3) is 0.457. The Morgan fingerprint density at radius 2 is 1.66 bits per heavy atom. The summed E-state index contributed by atoms with van der Waals surface area (Å²) in [6.45, 7) is 1.03. The highest BCUT2D eigenvalue weighted by Gasteiger charge is 2.54. The van der Waals surface area contributed by atoms with Crippen LogP contribution in [0, 0.1) is 0 Å². The minimum absolute atomic E-state index is 0.00910. The molecule has 2 N–H and O–H groups in total. The zero-order chi connectivity index (χ0) is 32.8. The molecule has 0 unspecified atom stereocenters. The number of aromatic nitrogens is 2. The van der Waals surface area contributed by atoms with Gasteiger partial charge in [0.25, 0.3) is 5.91 Å². The van der Waals surface area contributed by atoms with Crippen LogP contribution < -0.4 is 15.5 Å². The summed E-state index contributed by atoms with van der Waals surface area (Å²) in [6, 6.07) is 16.4. The van der Waals surface area contributed by atoms with Crippen molar-refractivity contribution in [2.24, 2.45) is 0 Å². The Hall–Kier alpha value is -4.38. The molecule has 2 aromatic carbocycles. The molecule has 3 aliphatic rings. The lowest BCUT2D eigenvalue weighted by Gasteiger charge is -2.44. The quantitative estimate of drug-likeness (QED) is 0.345. The number of carbonyl (C=O) groups is 4. The number of piperidine rings is 1. The number of carbonyl (C=O) groups excluding carboxylic acids is 4. The molecule has 248 valence electrons. The van der Waals surface area contributed by atoms with Gasteiger partial charge in [-0.25, -0.2) is 4.98 Å². The van der Waals surface area contributed by atoms with E-state index in [9.17, 15) is 19.2 Å². The van der Waals surface area contributed by atoms with Crippen molar-refractivity contribution in [3.63, 3.8) is 0 Å². The molecule has 6 rings (SSSR count). The van der Waals surface area contributed by atoms with Crippen molar-refractivity contribution in [1.82, 2.24) is 30.0 Å².